The molecular formula is C7H13BN2O2. The summed E-state index contributed by atoms with van der Waals surface area (Å²) in [5.41, 5.74) is 5.09. The normalized spacial score (nSPS) is 25.9. The van der Waals surface area contributed by atoms with E-state index in [1.165, 1.54) is 0 Å². The van der Waals surface area contributed by atoms with Crippen molar-refractivity contribution < 1.29 is 9.59 Å². The first-order chi connectivity index (χ1) is 5.52. The third-order valence-corrected chi connectivity index (χ3v) is 2.23. The Balaban J connectivity index is 2.64. The molecule has 5 heteroatoms. The molecular weight excluding hydrogens is 155 g/mol. The van der Waals surface area contributed by atoms with Crippen molar-refractivity contribution in [2.24, 2.45) is 11.7 Å². The lowest BCUT2D eigenvalue weighted by atomic mass is 9.94. The summed E-state index contributed by atoms with van der Waals surface area (Å²) in [6.07, 6.45) is 0.539. The van der Waals surface area contributed by atoms with Gasteiger partial charge in [-0.25, -0.2) is 0 Å². The molecule has 0 bridgehead atoms. The van der Waals surface area contributed by atoms with E-state index in [2.05, 4.69) is 0 Å². The zero-order valence-corrected chi connectivity index (χ0v) is 7.41. The molecule has 0 aromatic carbocycles. The molecule has 4 nitrogen and oxygen atoms in total. The van der Waals surface area contributed by atoms with Gasteiger partial charge >= 0.3 is 0 Å². The molecule has 0 aromatic rings. The summed E-state index contributed by atoms with van der Waals surface area (Å²) < 4.78 is 0. The average molecular weight is 168 g/mol. The highest BCUT2D eigenvalue weighted by molar-refractivity contribution is 6.24. The predicted octanol–water partition coefficient (Wildman–Crippen LogP) is -1.70. The summed E-state index contributed by atoms with van der Waals surface area (Å²) in [5, 5.41) is 0. The number of carbonyl (C=O) groups is 2. The molecule has 0 spiro atoms. The minimum Gasteiger partial charge on any atom is -0.369 e. The maximum Gasteiger partial charge on any atom is 0.231 e. The minimum atomic E-state index is -0.456. The predicted molar refractivity (Wildman–Crippen MR) is 47.0 cm³/mol. The van der Waals surface area contributed by atoms with Gasteiger partial charge in [0, 0.05) is 13.0 Å². The first-order valence-electron chi connectivity index (χ1n) is 4.11. The molecule has 12 heavy (non-hydrogen) atoms. The largest absolute Gasteiger partial charge is 0.369 e. The molecule has 66 valence electrons. The summed E-state index contributed by atoms with van der Waals surface area (Å²) in [6, 6.07) is 0. The van der Waals surface area contributed by atoms with Crippen LogP contribution >= 0.6 is 0 Å². The maximum atomic E-state index is 11.2. The average Bonchev–Trinajstić information content (AvgIpc) is 2.28. The number of hydrogen-bond donors (Lipinski definition) is 1. The van der Waals surface area contributed by atoms with Gasteiger partial charge in [-0.3, -0.25) is 9.59 Å². The standard InChI is InChI=1S/C7H13BN2O2/c1-4-2-5(11)10(3-4)6(8)7(9)12/h4,6H,2-3,8H2,1H3,(H2,9,12)/t4?,6-/m1/s1. The Morgan fingerprint density at radius 3 is 2.75 bits per heavy atom. The van der Waals surface area contributed by atoms with E-state index in [-0.39, 0.29) is 5.91 Å². The zero-order chi connectivity index (χ0) is 9.30. The fraction of sp³-hybridized carbons (Fsp3) is 0.714. The van der Waals surface area contributed by atoms with Gasteiger partial charge in [-0.15, -0.1) is 0 Å². The molecule has 1 saturated heterocycles. The molecule has 1 rings (SSSR count). The molecule has 1 fully saturated rings. The van der Waals surface area contributed by atoms with E-state index in [4.69, 9.17) is 5.73 Å². The van der Waals surface area contributed by atoms with Crippen molar-refractivity contribution in [3.63, 3.8) is 0 Å². The molecule has 0 saturated carbocycles. The van der Waals surface area contributed by atoms with Gasteiger partial charge in [-0.05, 0) is 5.92 Å². The second-order valence-corrected chi connectivity index (χ2v) is 3.43. The van der Waals surface area contributed by atoms with Crippen LogP contribution < -0.4 is 5.73 Å². The quantitative estimate of drug-likeness (QED) is 0.499. The third kappa shape index (κ3) is 1.60. The van der Waals surface area contributed by atoms with Crippen LogP contribution in [0.1, 0.15) is 13.3 Å². The summed E-state index contributed by atoms with van der Waals surface area (Å²) in [6.45, 7) is 2.65. The molecule has 2 atom stereocenters. The summed E-state index contributed by atoms with van der Waals surface area (Å²) in [5.74, 6) is -0.506. The minimum absolute atomic E-state index is 0.0359. The molecule has 1 aliphatic heterocycles. The first-order valence-corrected chi connectivity index (χ1v) is 4.11. The van der Waals surface area contributed by atoms with Crippen LogP contribution in [-0.2, 0) is 9.59 Å². The van der Waals surface area contributed by atoms with E-state index in [0.29, 0.717) is 18.9 Å². The van der Waals surface area contributed by atoms with Crippen molar-refractivity contribution in [2.45, 2.75) is 19.3 Å². The van der Waals surface area contributed by atoms with Crippen molar-refractivity contribution in [2.75, 3.05) is 6.54 Å². The number of hydrogen-bond acceptors (Lipinski definition) is 2. The second kappa shape index (κ2) is 3.17. The van der Waals surface area contributed by atoms with Crippen LogP contribution in [0, 0.1) is 5.92 Å². The Bertz CT molecular complexity index is 219. The summed E-state index contributed by atoms with van der Waals surface area (Å²) in [7, 11) is 1.66. The van der Waals surface area contributed by atoms with E-state index in [1.54, 1.807) is 12.7 Å². The van der Waals surface area contributed by atoms with Gasteiger partial charge in [0.25, 0.3) is 0 Å². The molecule has 0 radical (unpaired) electrons. The van der Waals surface area contributed by atoms with Crippen LogP contribution in [0.5, 0.6) is 0 Å². The van der Waals surface area contributed by atoms with Gasteiger partial charge in [-0.1, -0.05) is 6.92 Å². The molecule has 2 N–H and O–H groups in total. The Hall–Kier alpha value is -0.995. The fourth-order valence-electron chi connectivity index (χ4n) is 1.45. The fourth-order valence-corrected chi connectivity index (χ4v) is 1.45. The highest BCUT2D eigenvalue weighted by Crippen LogP contribution is 2.17. The molecule has 1 heterocycles. The monoisotopic (exact) mass is 168 g/mol. The van der Waals surface area contributed by atoms with Crippen LogP contribution in [0.2, 0.25) is 0 Å². The highest BCUT2D eigenvalue weighted by atomic mass is 16.2. The van der Waals surface area contributed by atoms with Gasteiger partial charge < -0.3 is 10.6 Å². The number of primary amides is 1. The Morgan fingerprint density at radius 1 is 1.83 bits per heavy atom. The number of carbonyl (C=O) groups excluding carboxylic acids is 2. The lowest BCUT2D eigenvalue weighted by molar-refractivity contribution is -0.133. The smallest absolute Gasteiger partial charge is 0.231 e. The summed E-state index contributed by atoms with van der Waals surface area (Å²) >= 11 is 0. The molecule has 0 aromatic heterocycles. The number of nitrogens with zero attached hydrogens (tertiary/aromatic N) is 1. The van der Waals surface area contributed by atoms with E-state index < -0.39 is 11.8 Å². The number of likely N-dealkylation sites (tertiary alicyclic amines) is 1. The third-order valence-electron chi connectivity index (χ3n) is 2.23. The Labute approximate surface area is 72.5 Å². The van der Waals surface area contributed by atoms with Crippen molar-refractivity contribution in [3.05, 3.63) is 0 Å². The maximum absolute atomic E-state index is 11.2. The number of nitrogens with two attached hydrogens (primary N) is 1. The van der Waals surface area contributed by atoms with E-state index in [9.17, 15) is 9.59 Å². The molecule has 0 aliphatic carbocycles. The van der Waals surface area contributed by atoms with Crippen LogP contribution in [0.4, 0.5) is 0 Å². The van der Waals surface area contributed by atoms with Crippen molar-refractivity contribution in [1.82, 2.24) is 4.90 Å². The second-order valence-electron chi connectivity index (χ2n) is 3.43. The van der Waals surface area contributed by atoms with Gasteiger partial charge in [0.1, 0.15) is 7.85 Å². The zero-order valence-electron chi connectivity index (χ0n) is 7.41. The number of amides is 2. The van der Waals surface area contributed by atoms with Crippen molar-refractivity contribution in [3.8, 4) is 0 Å². The first kappa shape index (κ1) is 9.10. The topological polar surface area (TPSA) is 63.4 Å². The molecule has 1 unspecified atom stereocenters. The van der Waals surface area contributed by atoms with Gasteiger partial charge in [0.05, 0.1) is 5.94 Å². The van der Waals surface area contributed by atoms with Crippen molar-refractivity contribution >= 4 is 19.7 Å². The van der Waals surface area contributed by atoms with Gasteiger partial charge in [0.2, 0.25) is 11.8 Å². The SMILES string of the molecule is B[C@@H](C(N)=O)N1CC(C)CC1=O. The van der Waals surface area contributed by atoms with Crippen LogP contribution in [0.25, 0.3) is 0 Å². The lowest BCUT2D eigenvalue weighted by Gasteiger charge is -2.21. The highest BCUT2D eigenvalue weighted by Gasteiger charge is 2.31. The van der Waals surface area contributed by atoms with E-state index in [0.717, 1.165) is 0 Å². The van der Waals surface area contributed by atoms with Crippen LogP contribution in [-0.4, -0.2) is 37.0 Å². The lowest BCUT2D eigenvalue weighted by Crippen LogP contribution is -2.45. The Morgan fingerprint density at radius 2 is 2.42 bits per heavy atom. The summed E-state index contributed by atoms with van der Waals surface area (Å²) in [4.78, 5) is 23.6. The molecule has 1 aliphatic rings. The van der Waals surface area contributed by atoms with E-state index in [1.807, 2.05) is 6.92 Å². The van der Waals surface area contributed by atoms with E-state index >= 15 is 0 Å². The number of rotatable bonds is 2. The molecule has 2 amide bonds. The Kier molecular flexibility index (Phi) is 2.40. The van der Waals surface area contributed by atoms with Crippen molar-refractivity contribution in [1.29, 1.82) is 0 Å². The van der Waals surface area contributed by atoms with Gasteiger partial charge in [0.15, 0.2) is 0 Å². The van der Waals surface area contributed by atoms with Crippen LogP contribution in [0.3, 0.4) is 0 Å². The van der Waals surface area contributed by atoms with Gasteiger partial charge in [-0.2, -0.15) is 0 Å². The van der Waals surface area contributed by atoms with Crippen LogP contribution in [0.15, 0.2) is 0 Å².